The van der Waals surface area contributed by atoms with Gasteiger partial charge in [-0.2, -0.15) is 4.37 Å². The second-order valence-corrected chi connectivity index (χ2v) is 4.75. The third kappa shape index (κ3) is 2.53. The molecule has 2 rings (SSSR count). The Labute approximate surface area is 110 Å². The number of nitrogens with zero attached hydrogens (tertiary/aromatic N) is 2. The maximum atomic E-state index is 11.9. The van der Waals surface area contributed by atoms with Gasteiger partial charge in [-0.25, -0.2) is 0 Å². The summed E-state index contributed by atoms with van der Waals surface area (Å²) in [6.45, 7) is 2.53. The van der Waals surface area contributed by atoms with Gasteiger partial charge in [0.05, 0.1) is 13.7 Å². The van der Waals surface area contributed by atoms with Crippen LogP contribution in [-0.4, -0.2) is 22.0 Å². The topological polar surface area (TPSA) is 56.1 Å². The summed E-state index contributed by atoms with van der Waals surface area (Å²) >= 11 is 1.13. The maximum Gasteiger partial charge on any atom is 0.263 e. The molecule has 0 atom stereocenters. The molecule has 0 unspecified atom stereocenters. The predicted octanol–water partition coefficient (Wildman–Crippen LogP) is 1.73. The Morgan fingerprint density at radius 3 is 2.89 bits per heavy atom. The third-order valence-corrected chi connectivity index (χ3v) is 3.60. The van der Waals surface area contributed by atoms with Gasteiger partial charge in [-0.1, -0.05) is 0 Å². The molecule has 2 heterocycles. The molecular weight excluding hydrogens is 250 g/mol. The molecule has 96 valence electrons. The van der Waals surface area contributed by atoms with E-state index in [2.05, 4.69) is 9.69 Å². The zero-order valence-electron chi connectivity index (χ0n) is 10.6. The fourth-order valence-electron chi connectivity index (χ4n) is 1.56. The number of hydrogen-bond acceptors (Lipinski definition) is 4. The maximum absolute atomic E-state index is 11.9. The first kappa shape index (κ1) is 12.6. The van der Waals surface area contributed by atoms with Crippen molar-refractivity contribution in [2.45, 2.75) is 13.5 Å². The lowest BCUT2D eigenvalue weighted by molar-refractivity contribution is 0.0954. The van der Waals surface area contributed by atoms with E-state index in [0.29, 0.717) is 17.3 Å². The number of carbonyl (C=O) groups excluding carboxylic acids is 1. The quantitative estimate of drug-likeness (QED) is 0.916. The number of hydrogen-bond donors (Lipinski definition) is 1. The summed E-state index contributed by atoms with van der Waals surface area (Å²) in [7, 11) is 3.51. The van der Waals surface area contributed by atoms with Crippen molar-refractivity contribution in [3.63, 3.8) is 0 Å². The van der Waals surface area contributed by atoms with Crippen LogP contribution < -0.4 is 10.1 Å². The number of amides is 1. The molecule has 2 aromatic heterocycles. The second kappa shape index (κ2) is 5.22. The highest BCUT2D eigenvalue weighted by atomic mass is 32.1. The summed E-state index contributed by atoms with van der Waals surface area (Å²) in [6.07, 6.45) is 0. The highest BCUT2D eigenvalue weighted by molar-refractivity contribution is 7.08. The molecule has 18 heavy (non-hydrogen) atoms. The van der Waals surface area contributed by atoms with Gasteiger partial charge in [-0.05, 0) is 30.6 Å². The standard InChI is InChI=1S/C12H15N3O2S/c1-8-4-5-9(15(8)2)7-13-12(16)10-6-11(17-3)14-18-10/h4-6H,7H2,1-3H3,(H,13,16). The summed E-state index contributed by atoms with van der Waals surface area (Å²) in [5, 5.41) is 2.86. The summed E-state index contributed by atoms with van der Waals surface area (Å²) in [5.41, 5.74) is 2.23. The molecule has 1 N–H and O–H groups in total. The first-order chi connectivity index (χ1) is 8.61. The summed E-state index contributed by atoms with van der Waals surface area (Å²) in [5.74, 6) is 0.342. The Bertz CT molecular complexity index is 559. The van der Waals surface area contributed by atoms with Crippen molar-refractivity contribution < 1.29 is 9.53 Å². The van der Waals surface area contributed by atoms with Crippen molar-refractivity contribution in [3.05, 3.63) is 34.5 Å². The van der Waals surface area contributed by atoms with E-state index in [0.717, 1.165) is 17.2 Å². The minimum absolute atomic E-state index is 0.130. The van der Waals surface area contributed by atoms with Crippen LogP contribution in [0.5, 0.6) is 5.88 Å². The van der Waals surface area contributed by atoms with Crippen LogP contribution in [-0.2, 0) is 13.6 Å². The molecule has 0 bridgehead atoms. The minimum atomic E-state index is -0.130. The van der Waals surface area contributed by atoms with Gasteiger partial charge in [0, 0.05) is 24.5 Å². The smallest absolute Gasteiger partial charge is 0.263 e. The number of ether oxygens (including phenoxy) is 1. The van der Waals surface area contributed by atoms with Crippen LogP contribution in [0.1, 0.15) is 21.1 Å². The van der Waals surface area contributed by atoms with E-state index in [1.165, 1.54) is 12.8 Å². The van der Waals surface area contributed by atoms with Gasteiger partial charge >= 0.3 is 0 Å². The highest BCUT2D eigenvalue weighted by Crippen LogP contribution is 2.16. The Hall–Kier alpha value is -1.82. The number of aromatic nitrogens is 2. The summed E-state index contributed by atoms with van der Waals surface area (Å²) in [4.78, 5) is 12.4. The van der Waals surface area contributed by atoms with Crippen molar-refractivity contribution in [2.75, 3.05) is 7.11 Å². The van der Waals surface area contributed by atoms with Crippen LogP contribution in [0.4, 0.5) is 0 Å². The highest BCUT2D eigenvalue weighted by Gasteiger charge is 2.11. The van der Waals surface area contributed by atoms with Crippen LogP contribution in [0.25, 0.3) is 0 Å². The lowest BCUT2D eigenvalue weighted by Gasteiger charge is -2.06. The largest absolute Gasteiger partial charge is 0.480 e. The Balaban J connectivity index is 1.98. The van der Waals surface area contributed by atoms with E-state index in [9.17, 15) is 4.79 Å². The molecule has 6 heteroatoms. The van der Waals surface area contributed by atoms with Gasteiger partial charge in [0.15, 0.2) is 0 Å². The van der Waals surface area contributed by atoms with Gasteiger partial charge in [-0.3, -0.25) is 4.79 Å². The molecule has 0 aromatic carbocycles. The molecule has 0 saturated heterocycles. The zero-order chi connectivity index (χ0) is 13.1. The number of rotatable bonds is 4. The van der Waals surface area contributed by atoms with Crippen molar-refractivity contribution in [2.24, 2.45) is 7.05 Å². The summed E-state index contributed by atoms with van der Waals surface area (Å²) in [6, 6.07) is 5.66. The lowest BCUT2D eigenvalue weighted by Crippen LogP contribution is -2.23. The molecule has 1 amide bonds. The molecule has 0 spiro atoms. The van der Waals surface area contributed by atoms with E-state index < -0.39 is 0 Å². The number of nitrogens with one attached hydrogen (secondary N) is 1. The van der Waals surface area contributed by atoms with Gasteiger partial charge in [-0.15, -0.1) is 0 Å². The fraction of sp³-hybridized carbons (Fsp3) is 0.333. The first-order valence-corrected chi connectivity index (χ1v) is 6.29. The van der Waals surface area contributed by atoms with Gasteiger partial charge < -0.3 is 14.6 Å². The van der Waals surface area contributed by atoms with E-state index in [4.69, 9.17) is 4.74 Å². The molecule has 0 aliphatic heterocycles. The monoisotopic (exact) mass is 265 g/mol. The third-order valence-electron chi connectivity index (χ3n) is 2.83. The fourth-order valence-corrected chi connectivity index (χ4v) is 2.19. The van der Waals surface area contributed by atoms with Crippen LogP contribution in [0, 0.1) is 6.92 Å². The van der Waals surface area contributed by atoms with E-state index in [-0.39, 0.29) is 5.91 Å². The van der Waals surface area contributed by atoms with Crippen molar-refractivity contribution >= 4 is 17.4 Å². The van der Waals surface area contributed by atoms with Crippen molar-refractivity contribution in [1.82, 2.24) is 14.3 Å². The van der Waals surface area contributed by atoms with E-state index in [1.807, 2.05) is 30.7 Å². The normalized spacial score (nSPS) is 10.4. The average molecular weight is 265 g/mol. The average Bonchev–Trinajstić information content (AvgIpc) is 2.96. The lowest BCUT2D eigenvalue weighted by atomic mass is 10.4. The first-order valence-electron chi connectivity index (χ1n) is 5.52. The van der Waals surface area contributed by atoms with E-state index in [1.54, 1.807) is 6.07 Å². The molecule has 5 nitrogen and oxygen atoms in total. The Morgan fingerprint density at radius 2 is 2.33 bits per heavy atom. The van der Waals surface area contributed by atoms with E-state index >= 15 is 0 Å². The van der Waals surface area contributed by atoms with Gasteiger partial charge in [0.25, 0.3) is 5.91 Å². The predicted molar refractivity (Wildman–Crippen MR) is 70.0 cm³/mol. The zero-order valence-corrected chi connectivity index (χ0v) is 11.4. The SMILES string of the molecule is COc1cc(C(=O)NCc2ccc(C)n2C)sn1. The second-order valence-electron chi connectivity index (χ2n) is 3.94. The Morgan fingerprint density at radius 1 is 1.56 bits per heavy atom. The van der Waals surface area contributed by atoms with Crippen LogP contribution >= 0.6 is 11.5 Å². The Kier molecular flexibility index (Phi) is 3.66. The van der Waals surface area contributed by atoms with Crippen LogP contribution in [0.3, 0.4) is 0 Å². The molecular formula is C12H15N3O2S. The van der Waals surface area contributed by atoms with Gasteiger partial charge in [0.2, 0.25) is 5.88 Å². The van der Waals surface area contributed by atoms with Crippen LogP contribution in [0.2, 0.25) is 0 Å². The molecule has 0 aliphatic carbocycles. The number of carbonyl (C=O) groups is 1. The summed E-state index contributed by atoms with van der Waals surface area (Å²) < 4.78 is 11.0. The van der Waals surface area contributed by atoms with Gasteiger partial charge in [0.1, 0.15) is 4.88 Å². The molecule has 0 aliphatic rings. The molecule has 2 aromatic rings. The van der Waals surface area contributed by atoms with Crippen molar-refractivity contribution in [3.8, 4) is 5.88 Å². The molecule has 0 fully saturated rings. The molecule has 0 saturated carbocycles. The minimum Gasteiger partial charge on any atom is -0.480 e. The van der Waals surface area contributed by atoms with Crippen molar-refractivity contribution in [1.29, 1.82) is 0 Å². The molecule has 0 radical (unpaired) electrons. The number of aryl methyl sites for hydroxylation is 1. The number of methoxy groups -OCH3 is 1. The van der Waals surface area contributed by atoms with Crippen LogP contribution in [0.15, 0.2) is 18.2 Å².